The highest BCUT2D eigenvalue weighted by Crippen LogP contribution is 2.32. The second-order valence-corrected chi connectivity index (χ2v) is 6.33. The Bertz CT molecular complexity index is 691. The van der Waals surface area contributed by atoms with E-state index in [0.29, 0.717) is 17.9 Å². The second-order valence-electron chi connectivity index (χ2n) is 4.35. The Kier molecular flexibility index (Phi) is 3.82. The van der Waals surface area contributed by atoms with Crippen molar-refractivity contribution in [2.75, 3.05) is 12.4 Å². The van der Waals surface area contributed by atoms with Gasteiger partial charge in [-0.25, -0.2) is 13.2 Å². The number of benzene rings is 1. The first-order valence-electron chi connectivity index (χ1n) is 6.06. The minimum Gasteiger partial charge on any atom is -0.478 e. The number of carbonyl (C=O) groups is 1. The molecule has 1 aromatic carbocycles. The van der Waals surface area contributed by atoms with E-state index in [1.165, 1.54) is 25.1 Å². The molecule has 1 aromatic rings. The Balaban J connectivity index is 2.64. The summed E-state index contributed by atoms with van der Waals surface area (Å²) in [6.07, 6.45) is 1.52. The average molecular weight is 297 g/mol. The number of fused-ring (bicyclic) bond motifs is 1. The summed E-state index contributed by atoms with van der Waals surface area (Å²) >= 11 is 0. The third kappa shape index (κ3) is 2.41. The molecule has 0 fully saturated rings. The SMILES string of the molecule is CCONC1=CCS(=O)(=O)c2c1ccc(C(=O)O)c2C. The standard InChI is InChI=1S/C13H15NO5S/c1-3-19-14-11-6-7-20(17,18)12-8(2)9(13(15)16)4-5-10(11)12/h4-6,14H,3,7H2,1-2H3,(H,15,16). The minimum absolute atomic E-state index is 0.00927. The lowest BCUT2D eigenvalue weighted by atomic mass is 10.0. The van der Waals surface area contributed by atoms with Gasteiger partial charge < -0.3 is 5.11 Å². The molecule has 0 atom stereocenters. The molecule has 1 heterocycles. The molecule has 0 bridgehead atoms. The highest BCUT2D eigenvalue weighted by Gasteiger charge is 2.29. The van der Waals surface area contributed by atoms with Gasteiger partial charge in [0.1, 0.15) is 0 Å². The highest BCUT2D eigenvalue weighted by molar-refractivity contribution is 7.91. The molecule has 0 amide bonds. The van der Waals surface area contributed by atoms with Crippen LogP contribution in [-0.4, -0.2) is 31.9 Å². The first kappa shape index (κ1) is 14.5. The molecule has 7 heteroatoms. The van der Waals surface area contributed by atoms with Crippen LogP contribution in [0.4, 0.5) is 0 Å². The van der Waals surface area contributed by atoms with Crippen LogP contribution in [0.2, 0.25) is 0 Å². The van der Waals surface area contributed by atoms with Crippen molar-refractivity contribution >= 4 is 21.5 Å². The van der Waals surface area contributed by atoms with E-state index in [4.69, 9.17) is 9.94 Å². The summed E-state index contributed by atoms with van der Waals surface area (Å²) in [5, 5.41) is 9.10. The van der Waals surface area contributed by atoms with Gasteiger partial charge in [0.05, 0.1) is 28.5 Å². The number of rotatable bonds is 4. The van der Waals surface area contributed by atoms with Crippen molar-refractivity contribution in [1.82, 2.24) is 5.48 Å². The third-order valence-electron chi connectivity index (χ3n) is 3.07. The van der Waals surface area contributed by atoms with Crippen LogP contribution >= 0.6 is 0 Å². The van der Waals surface area contributed by atoms with Crippen molar-refractivity contribution in [2.45, 2.75) is 18.7 Å². The quantitative estimate of drug-likeness (QED) is 0.815. The van der Waals surface area contributed by atoms with Gasteiger partial charge in [-0.05, 0) is 31.6 Å². The van der Waals surface area contributed by atoms with E-state index in [2.05, 4.69) is 5.48 Å². The Hall–Kier alpha value is -1.86. The Morgan fingerprint density at radius 3 is 2.75 bits per heavy atom. The maximum absolute atomic E-state index is 12.2. The third-order valence-corrected chi connectivity index (χ3v) is 4.82. The number of hydroxylamine groups is 1. The molecule has 0 aromatic heterocycles. The monoisotopic (exact) mass is 297 g/mol. The number of carboxylic acids is 1. The van der Waals surface area contributed by atoms with Gasteiger partial charge in [-0.3, -0.25) is 10.3 Å². The van der Waals surface area contributed by atoms with E-state index in [0.717, 1.165) is 0 Å². The summed E-state index contributed by atoms with van der Waals surface area (Å²) in [5.41, 5.74) is 3.91. The van der Waals surface area contributed by atoms with Gasteiger partial charge in [0.2, 0.25) is 0 Å². The topological polar surface area (TPSA) is 92.7 Å². The van der Waals surface area contributed by atoms with E-state index >= 15 is 0 Å². The van der Waals surface area contributed by atoms with E-state index in [1.807, 2.05) is 0 Å². The van der Waals surface area contributed by atoms with Crippen LogP contribution in [0.1, 0.15) is 28.4 Å². The second kappa shape index (κ2) is 5.26. The zero-order valence-electron chi connectivity index (χ0n) is 11.1. The molecule has 0 radical (unpaired) electrons. The number of aromatic carboxylic acids is 1. The fraction of sp³-hybridized carbons (Fsp3) is 0.308. The molecule has 2 rings (SSSR count). The highest BCUT2D eigenvalue weighted by atomic mass is 32.2. The van der Waals surface area contributed by atoms with Gasteiger partial charge in [0, 0.05) is 5.56 Å². The fourth-order valence-corrected chi connectivity index (χ4v) is 3.81. The molecule has 1 aliphatic rings. The molecular weight excluding hydrogens is 282 g/mol. The van der Waals surface area contributed by atoms with Crippen molar-refractivity contribution < 1.29 is 23.2 Å². The number of carboxylic acid groups (broad SMARTS) is 1. The van der Waals surface area contributed by atoms with Gasteiger partial charge >= 0.3 is 5.97 Å². The molecule has 108 valence electrons. The summed E-state index contributed by atoms with van der Waals surface area (Å²) in [6.45, 7) is 3.72. The summed E-state index contributed by atoms with van der Waals surface area (Å²) in [4.78, 5) is 16.3. The molecule has 2 N–H and O–H groups in total. The van der Waals surface area contributed by atoms with Crippen molar-refractivity contribution in [1.29, 1.82) is 0 Å². The van der Waals surface area contributed by atoms with Gasteiger partial charge in [-0.2, -0.15) is 0 Å². The Morgan fingerprint density at radius 1 is 1.45 bits per heavy atom. The van der Waals surface area contributed by atoms with Gasteiger partial charge in [0.15, 0.2) is 9.84 Å². The first-order valence-corrected chi connectivity index (χ1v) is 7.71. The van der Waals surface area contributed by atoms with Crippen LogP contribution in [0.25, 0.3) is 5.70 Å². The van der Waals surface area contributed by atoms with Crippen molar-refractivity contribution in [3.05, 3.63) is 34.9 Å². The maximum atomic E-state index is 12.2. The number of nitrogens with one attached hydrogen (secondary N) is 1. The number of hydrogen-bond donors (Lipinski definition) is 2. The van der Waals surface area contributed by atoms with E-state index in [1.54, 1.807) is 6.92 Å². The smallest absolute Gasteiger partial charge is 0.335 e. The lowest BCUT2D eigenvalue weighted by molar-refractivity contribution is 0.0696. The normalized spacial score (nSPS) is 16.2. The van der Waals surface area contributed by atoms with Crippen LogP contribution in [0, 0.1) is 6.92 Å². The van der Waals surface area contributed by atoms with Gasteiger partial charge in [-0.1, -0.05) is 6.07 Å². The molecule has 0 aliphatic carbocycles. The molecule has 0 unspecified atom stereocenters. The van der Waals surface area contributed by atoms with Gasteiger partial charge in [-0.15, -0.1) is 0 Å². The minimum atomic E-state index is -3.52. The van der Waals surface area contributed by atoms with Crippen molar-refractivity contribution in [3.63, 3.8) is 0 Å². The zero-order chi connectivity index (χ0) is 14.9. The van der Waals surface area contributed by atoms with Crippen LogP contribution in [0.15, 0.2) is 23.1 Å². The molecule has 6 nitrogen and oxygen atoms in total. The summed E-state index contributed by atoms with van der Waals surface area (Å²) in [5.74, 6) is -1.33. The molecular formula is C13H15NO5S. The summed E-state index contributed by atoms with van der Waals surface area (Å²) in [6, 6.07) is 2.89. The molecule has 20 heavy (non-hydrogen) atoms. The zero-order valence-corrected chi connectivity index (χ0v) is 12.0. The Morgan fingerprint density at radius 2 is 2.15 bits per heavy atom. The predicted octanol–water partition coefficient (Wildman–Crippen LogP) is 1.36. The summed E-state index contributed by atoms with van der Waals surface area (Å²) in [7, 11) is -3.52. The van der Waals surface area contributed by atoms with Crippen LogP contribution in [0.5, 0.6) is 0 Å². The van der Waals surface area contributed by atoms with E-state index < -0.39 is 15.8 Å². The average Bonchev–Trinajstić information content (AvgIpc) is 2.37. The molecule has 0 spiro atoms. The fourth-order valence-electron chi connectivity index (χ4n) is 2.17. The van der Waals surface area contributed by atoms with Crippen LogP contribution < -0.4 is 5.48 Å². The van der Waals surface area contributed by atoms with Gasteiger partial charge in [0.25, 0.3) is 0 Å². The Labute approximate surface area is 116 Å². The lowest BCUT2D eigenvalue weighted by Crippen LogP contribution is -2.23. The van der Waals surface area contributed by atoms with Crippen molar-refractivity contribution in [2.24, 2.45) is 0 Å². The largest absolute Gasteiger partial charge is 0.478 e. The molecule has 1 aliphatic heterocycles. The maximum Gasteiger partial charge on any atom is 0.335 e. The van der Waals surface area contributed by atoms with E-state index in [-0.39, 0.29) is 21.8 Å². The van der Waals surface area contributed by atoms with Crippen molar-refractivity contribution in [3.8, 4) is 0 Å². The van der Waals surface area contributed by atoms with E-state index in [9.17, 15) is 13.2 Å². The molecule has 0 saturated heterocycles. The molecule has 0 saturated carbocycles. The van der Waals surface area contributed by atoms with Crippen LogP contribution in [-0.2, 0) is 14.7 Å². The summed E-state index contributed by atoms with van der Waals surface area (Å²) < 4.78 is 24.4. The number of hydrogen-bond acceptors (Lipinski definition) is 5. The predicted molar refractivity (Wildman–Crippen MR) is 72.9 cm³/mol. The van der Waals surface area contributed by atoms with Crippen LogP contribution in [0.3, 0.4) is 0 Å². The number of sulfone groups is 1. The lowest BCUT2D eigenvalue weighted by Gasteiger charge is -2.21. The first-order chi connectivity index (χ1) is 9.38.